The quantitative estimate of drug-likeness (QED) is 0.335. The van der Waals surface area contributed by atoms with Crippen LogP contribution in [0.5, 0.6) is 5.75 Å². The molecule has 27 heavy (non-hydrogen) atoms. The fourth-order valence-corrected chi connectivity index (χ4v) is 3.52. The first-order chi connectivity index (χ1) is 13.1. The number of ether oxygens (including phenoxy) is 1. The number of carbonyl (C=O) groups excluding carboxylic acids is 1. The number of nitrogens with zero attached hydrogens (tertiary/aromatic N) is 4. The number of rotatable bonds is 8. The number of ketones is 1. The van der Waals surface area contributed by atoms with E-state index in [2.05, 4.69) is 21.8 Å². The minimum absolute atomic E-state index is 0.0290. The Labute approximate surface area is 162 Å². The molecule has 0 saturated carbocycles. The molecule has 1 aromatic carbocycles. The first kappa shape index (κ1) is 18.8. The zero-order chi connectivity index (χ0) is 19.2. The summed E-state index contributed by atoms with van der Waals surface area (Å²) in [5.41, 5.74) is 1.56. The maximum atomic E-state index is 12.7. The molecular weight excluding hydrogens is 360 g/mol. The summed E-state index contributed by atoms with van der Waals surface area (Å²) in [6, 6.07) is 10.9. The van der Waals surface area contributed by atoms with Crippen molar-refractivity contribution in [2.45, 2.75) is 23.9 Å². The maximum absolute atomic E-state index is 12.7. The third-order valence-corrected chi connectivity index (χ3v) is 5.07. The van der Waals surface area contributed by atoms with Crippen molar-refractivity contribution in [1.82, 2.24) is 19.7 Å². The molecule has 0 radical (unpaired) electrons. The topological polar surface area (TPSA) is 69.9 Å². The molecular formula is C20H20N4O2S. The van der Waals surface area contributed by atoms with E-state index in [1.807, 2.05) is 23.6 Å². The number of aromatic nitrogens is 4. The van der Waals surface area contributed by atoms with Crippen LogP contribution in [0.4, 0.5) is 0 Å². The zero-order valence-electron chi connectivity index (χ0n) is 15.2. The van der Waals surface area contributed by atoms with Gasteiger partial charge in [-0.15, -0.1) is 16.8 Å². The molecule has 0 amide bonds. The second-order valence-electron chi connectivity index (χ2n) is 5.79. The average molecular weight is 380 g/mol. The number of hydrogen-bond acceptors (Lipinski definition) is 6. The van der Waals surface area contributed by atoms with Gasteiger partial charge < -0.3 is 4.74 Å². The Kier molecular flexibility index (Phi) is 6.03. The minimum Gasteiger partial charge on any atom is -0.497 e. The van der Waals surface area contributed by atoms with Gasteiger partial charge in [0, 0.05) is 30.1 Å². The predicted octanol–water partition coefficient (Wildman–Crippen LogP) is 3.90. The molecule has 1 atom stereocenters. The van der Waals surface area contributed by atoms with Crippen molar-refractivity contribution in [3.63, 3.8) is 0 Å². The first-order valence-electron chi connectivity index (χ1n) is 8.43. The lowest BCUT2D eigenvalue weighted by atomic mass is 10.1. The fraction of sp³-hybridized carbons (Fsp3) is 0.200. The van der Waals surface area contributed by atoms with Crippen LogP contribution in [0, 0.1) is 0 Å². The Morgan fingerprint density at radius 1 is 1.22 bits per heavy atom. The van der Waals surface area contributed by atoms with E-state index in [9.17, 15) is 4.79 Å². The Balaban J connectivity index is 1.82. The number of thioether (sulfide) groups is 1. The van der Waals surface area contributed by atoms with E-state index in [-0.39, 0.29) is 11.0 Å². The summed E-state index contributed by atoms with van der Waals surface area (Å²) < 4.78 is 7.09. The summed E-state index contributed by atoms with van der Waals surface area (Å²) >= 11 is 1.38. The largest absolute Gasteiger partial charge is 0.497 e. The van der Waals surface area contributed by atoms with E-state index in [1.165, 1.54) is 11.8 Å². The molecule has 2 aromatic heterocycles. The Bertz CT molecular complexity index is 923. The van der Waals surface area contributed by atoms with Crippen LogP contribution in [-0.4, -0.2) is 37.9 Å². The Hall–Kier alpha value is -2.93. The second kappa shape index (κ2) is 8.64. The molecule has 0 aliphatic carbocycles. The highest BCUT2D eigenvalue weighted by atomic mass is 32.2. The van der Waals surface area contributed by atoms with Gasteiger partial charge in [-0.25, -0.2) is 0 Å². The third-order valence-electron chi connectivity index (χ3n) is 3.99. The van der Waals surface area contributed by atoms with Gasteiger partial charge in [0.2, 0.25) is 0 Å². The number of pyridine rings is 1. The van der Waals surface area contributed by atoms with Gasteiger partial charge >= 0.3 is 0 Å². The predicted molar refractivity (Wildman–Crippen MR) is 106 cm³/mol. The summed E-state index contributed by atoms with van der Waals surface area (Å²) in [5.74, 6) is 1.48. The Morgan fingerprint density at radius 2 is 1.93 bits per heavy atom. The number of methoxy groups -OCH3 is 1. The molecule has 1 unspecified atom stereocenters. The van der Waals surface area contributed by atoms with Crippen LogP contribution in [0.2, 0.25) is 0 Å². The van der Waals surface area contributed by atoms with Crippen LogP contribution in [0.3, 0.4) is 0 Å². The normalized spacial score (nSPS) is 11.8. The number of carbonyl (C=O) groups is 1. The average Bonchev–Trinajstić information content (AvgIpc) is 3.10. The molecule has 3 rings (SSSR count). The van der Waals surface area contributed by atoms with Gasteiger partial charge in [0.1, 0.15) is 5.75 Å². The molecule has 3 aromatic rings. The van der Waals surface area contributed by atoms with Crippen molar-refractivity contribution in [3.8, 4) is 17.1 Å². The van der Waals surface area contributed by atoms with Gasteiger partial charge in [-0.05, 0) is 43.3 Å². The molecule has 7 heteroatoms. The summed E-state index contributed by atoms with van der Waals surface area (Å²) in [7, 11) is 1.60. The monoisotopic (exact) mass is 380 g/mol. The fourth-order valence-electron chi connectivity index (χ4n) is 2.59. The first-order valence-corrected chi connectivity index (χ1v) is 9.31. The van der Waals surface area contributed by atoms with E-state index in [1.54, 1.807) is 49.8 Å². The third kappa shape index (κ3) is 4.25. The summed E-state index contributed by atoms with van der Waals surface area (Å²) in [6.07, 6.45) is 5.21. The van der Waals surface area contributed by atoms with E-state index in [0.717, 1.165) is 17.1 Å². The van der Waals surface area contributed by atoms with Crippen LogP contribution in [0.15, 0.2) is 66.6 Å². The molecule has 0 aliphatic heterocycles. The standard InChI is InChI=1S/C20H20N4O2S/c1-4-13-24-19(16-9-11-21-12-10-16)22-23-20(24)27-14(2)18(25)15-5-7-17(26-3)8-6-15/h4-12,14H,1,13H2,2-3H3. The minimum atomic E-state index is -0.309. The molecule has 6 nitrogen and oxygen atoms in total. The number of hydrogen-bond donors (Lipinski definition) is 0. The summed E-state index contributed by atoms with van der Waals surface area (Å²) in [4.78, 5) is 16.8. The van der Waals surface area contributed by atoms with Crippen LogP contribution in [0.25, 0.3) is 11.4 Å². The highest BCUT2D eigenvalue weighted by Crippen LogP contribution is 2.28. The van der Waals surface area contributed by atoms with Crippen molar-refractivity contribution in [2.24, 2.45) is 0 Å². The molecule has 0 N–H and O–H groups in total. The highest BCUT2D eigenvalue weighted by Gasteiger charge is 2.21. The Morgan fingerprint density at radius 3 is 2.56 bits per heavy atom. The van der Waals surface area contributed by atoms with E-state index in [4.69, 9.17) is 4.74 Å². The van der Waals surface area contributed by atoms with Crippen molar-refractivity contribution in [2.75, 3.05) is 7.11 Å². The van der Waals surface area contributed by atoms with Gasteiger partial charge in [0.05, 0.1) is 12.4 Å². The molecule has 0 bridgehead atoms. The van der Waals surface area contributed by atoms with Crippen molar-refractivity contribution in [3.05, 3.63) is 67.0 Å². The molecule has 0 spiro atoms. The van der Waals surface area contributed by atoms with Gasteiger partial charge in [-0.1, -0.05) is 17.8 Å². The number of benzene rings is 1. The lowest BCUT2D eigenvalue weighted by molar-refractivity contribution is 0.0994. The SMILES string of the molecule is C=CCn1c(SC(C)C(=O)c2ccc(OC)cc2)nnc1-c1ccncc1. The van der Waals surface area contributed by atoms with Gasteiger partial charge in [-0.3, -0.25) is 14.3 Å². The van der Waals surface area contributed by atoms with Gasteiger partial charge in [-0.2, -0.15) is 0 Å². The van der Waals surface area contributed by atoms with E-state index >= 15 is 0 Å². The lowest BCUT2D eigenvalue weighted by Gasteiger charge is -2.12. The summed E-state index contributed by atoms with van der Waals surface area (Å²) in [6.45, 7) is 6.24. The molecule has 0 saturated heterocycles. The highest BCUT2D eigenvalue weighted by molar-refractivity contribution is 8.00. The zero-order valence-corrected chi connectivity index (χ0v) is 16.0. The second-order valence-corrected chi connectivity index (χ2v) is 7.10. The van der Waals surface area contributed by atoms with Crippen LogP contribution in [0.1, 0.15) is 17.3 Å². The smallest absolute Gasteiger partial charge is 0.192 e. The molecule has 0 aliphatic rings. The van der Waals surface area contributed by atoms with Crippen LogP contribution < -0.4 is 4.74 Å². The number of Topliss-reactive ketones (excluding diaryl/α,β-unsaturated/α-hetero) is 1. The maximum Gasteiger partial charge on any atom is 0.192 e. The van der Waals surface area contributed by atoms with Crippen LogP contribution >= 0.6 is 11.8 Å². The number of allylic oxidation sites excluding steroid dienone is 1. The molecule has 0 fully saturated rings. The van der Waals surface area contributed by atoms with E-state index < -0.39 is 0 Å². The van der Waals surface area contributed by atoms with Gasteiger partial charge in [0.15, 0.2) is 16.8 Å². The van der Waals surface area contributed by atoms with Crippen molar-refractivity contribution < 1.29 is 9.53 Å². The van der Waals surface area contributed by atoms with Crippen LogP contribution in [-0.2, 0) is 6.54 Å². The molecule has 2 heterocycles. The van der Waals surface area contributed by atoms with Crippen molar-refractivity contribution in [1.29, 1.82) is 0 Å². The lowest BCUT2D eigenvalue weighted by Crippen LogP contribution is -2.14. The van der Waals surface area contributed by atoms with E-state index in [0.29, 0.717) is 17.3 Å². The molecule has 138 valence electrons. The van der Waals surface area contributed by atoms with Crippen molar-refractivity contribution >= 4 is 17.5 Å². The van der Waals surface area contributed by atoms with Gasteiger partial charge in [0.25, 0.3) is 0 Å². The summed E-state index contributed by atoms with van der Waals surface area (Å²) in [5, 5.41) is 8.96.